The molecule has 0 fully saturated rings. The highest BCUT2D eigenvalue weighted by molar-refractivity contribution is 9.10. The van der Waals surface area contributed by atoms with Gasteiger partial charge in [0.05, 0.1) is 11.6 Å². The number of amides is 2. The predicted molar refractivity (Wildman–Crippen MR) is 91.7 cm³/mol. The van der Waals surface area contributed by atoms with Crippen molar-refractivity contribution in [1.82, 2.24) is 10.6 Å². The Morgan fingerprint density at radius 1 is 1.09 bits per heavy atom. The third kappa shape index (κ3) is 4.32. The summed E-state index contributed by atoms with van der Waals surface area (Å²) < 4.78 is 5.86. The Balaban J connectivity index is 2.04. The molecule has 5 nitrogen and oxygen atoms in total. The summed E-state index contributed by atoms with van der Waals surface area (Å²) >= 11 is 3.36. The maximum Gasteiger partial charge on any atom is 0.251 e. The van der Waals surface area contributed by atoms with E-state index in [0.717, 1.165) is 5.56 Å². The summed E-state index contributed by atoms with van der Waals surface area (Å²) in [5.74, 6) is 0.316. The maximum absolute atomic E-state index is 12.2. The Bertz CT molecular complexity index is 732. The summed E-state index contributed by atoms with van der Waals surface area (Å²) in [5.41, 5.74) is 1.94. The lowest BCUT2D eigenvalue weighted by Gasteiger charge is -2.09. The van der Waals surface area contributed by atoms with Crippen LogP contribution in [-0.4, -0.2) is 26.0 Å². The van der Waals surface area contributed by atoms with E-state index in [1.165, 1.54) is 0 Å². The van der Waals surface area contributed by atoms with Crippen molar-refractivity contribution in [2.24, 2.45) is 0 Å². The van der Waals surface area contributed by atoms with Gasteiger partial charge in [-0.15, -0.1) is 0 Å². The van der Waals surface area contributed by atoms with Crippen molar-refractivity contribution in [3.8, 4) is 5.75 Å². The Morgan fingerprint density at radius 2 is 1.83 bits per heavy atom. The van der Waals surface area contributed by atoms with E-state index in [9.17, 15) is 9.59 Å². The molecule has 0 bridgehead atoms. The zero-order chi connectivity index (χ0) is 16.8. The molecule has 0 saturated carbocycles. The molecule has 0 aliphatic rings. The predicted octanol–water partition coefficient (Wildman–Crippen LogP) is 2.75. The normalized spacial score (nSPS) is 10.0. The van der Waals surface area contributed by atoms with E-state index in [1.54, 1.807) is 50.6 Å². The molecule has 0 heterocycles. The van der Waals surface area contributed by atoms with Gasteiger partial charge < -0.3 is 15.4 Å². The van der Waals surface area contributed by atoms with Crippen LogP contribution in [0.1, 0.15) is 26.3 Å². The van der Waals surface area contributed by atoms with Crippen LogP contribution in [0.15, 0.2) is 46.9 Å². The Kier molecular flexibility index (Phi) is 5.76. The molecule has 0 saturated heterocycles. The molecule has 0 radical (unpaired) electrons. The number of nitrogens with one attached hydrogen (secondary N) is 2. The van der Waals surface area contributed by atoms with Gasteiger partial charge in [-0.2, -0.15) is 0 Å². The fraction of sp³-hybridized carbons (Fsp3) is 0.176. The first-order chi connectivity index (χ1) is 11.0. The molecule has 0 unspecified atom stereocenters. The van der Waals surface area contributed by atoms with Crippen LogP contribution in [0.2, 0.25) is 0 Å². The minimum absolute atomic E-state index is 0.155. The van der Waals surface area contributed by atoms with Gasteiger partial charge >= 0.3 is 0 Å². The molecule has 0 aliphatic heterocycles. The number of carbonyl (C=O) groups excluding carboxylic acids is 2. The van der Waals surface area contributed by atoms with E-state index in [2.05, 4.69) is 26.6 Å². The SMILES string of the molecule is CNC(=O)c1cccc(CNC(=O)c2ccc(OC)c(Br)c2)c1. The molecule has 2 amide bonds. The van der Waals surface area contributed by atoms with Crippen LogP contribution in [0.3, 0.4) is 0 Å². The molecule has 0 aromatic heterocycles. The lowest BCUT2D eigenvalue weighted by molar-refractivity contribution is 0.0948. The van der Waals surface area contributed by atoms with Gasteiger partial charge in [-0.05, 0) is 51.8 Å². The van der Waals surface area contributed by atoms with E-state index < -0.39 is 0 Å². The van der Waals surface area contributed by atoms with Crippen LogP contribution in [-0.2, 0) is 6.54 Å². The van der Waals surface area contributed by atoms with Gasteiger partial charge in [0.25, 0.3) is 11.8 Å². The second kappa shape index (κ2) is 7.78. The van der Waals surface area contributed by atoms with Gasteiger partial charge in [0, 0.05) is 24.7 Å². The highest BCUT2D eigenvalue weighted by atomic mass is 79.9. The van der Waals surface area contributed by atoms with Gasteiger partial charge in [0.1, 0.15) is 5.75 Å². The highest BCUT2D eigenvalue weighted by Gasteiger charge is 2.09. The zero-order valence-electron chi connectivity index (χ0n) is 12.9. The first-order valence-electron chi connectivity index (χ1n) is 6.98. The number of rotatable bonds is 5. The van der Waals surface area contributed by atoms with Gasteiger partial charge in [-0.25, -0.2) is 0 Å². The van der Waals surface area contributed by atoms with Gasteiger partial charge in [0.2, 0.25) is 0 Å². The second-order valence-corrected chi connectivity index (χ2v) is 5.67. The summed E-state index contributed by atoms with van der Waals surface area (Å²) in [6.45, 7) is 0.341. The quantitative estimate of drug-likeness (QED) is 0.842. The Labute approximate surface area is 143 Å². The average Bonchev–Trinajstić information content (AvgIpc) is 2.59. The number of methoxy groups -OCH3 is 1. The van der Waals surface area contributed by atoms with E-state index in [4.69, 9.17) is 4.74 Å². The van der Waals surface area contributed by atoms with Crippen molar-refractivity contribution in [3.63, 3.8) is 0 Å². The highest BCUT2D eigenvalue weighted by Crippen LogP contribution is 2.25. The Morgan fingerprint density at radius 3 is 2.48 bits per heavy atom. The number of hydrogen-bond acceptors (Lipinski definition) is 3. The standard InChI is InChI=1S/C17H17BrN2O3/c1-19-16(21)12-5-3-4-11(8-12)10-20-17(22)13-6-7-15(23-2)14(18)9-13/h3-9H,10H2,1-2H3,(H,19,21)(H,20,22). The first kappa shape index (κ1) is 17.0. The summed E-state index contributed by atoms with van der Waals surface area (Å²) in [6, 6.07) is 12.3. The summed E-state index contributed by atoms with van der Waals surface area (Å²) in [6.07, 6.45) is 0. The number of hydrogen-bond donors (Lipinski definition) is 2. The minimum atomic E-state index is -0.196. The molecule has 0 aliphatic carbocycles. The molecule has 2 N–H and O–H groups in total. The third-order valence-corrected chi connectivity index (χ3v) is 3.90. The van der Waals surface area contributed by atoms with Gasteiger partial charge in [-0.3, -0.25) is 9.59 Å². The van der Waals surface area contributed by atoms with Crippen molar-refractivity contribution in [3.05, 3.63) is 63.6 Å². The van der Waals surface area contributed by atoms with Crippen molar-refractivity contribution in [2.45, 2.75) is 6.54 Å². The number of carbonyl (C=O) groups is 2. The molecule has 0 atom stereocenters. The molecule has 2 rings (SSSR count). The smallest absolute Gasteiger partial charge is 0.251 e. The molecule has 0 spiro atoms. The minimum Gasteiger partial charge on any atom is -0.496 e. The molecule has 23 heavy (non-hydrogen) atoms. The largest absolute Gasteiger partial charge is 0.496 e. The van der Waals surface area contributed by atoms with Crippen LogP contribution in [0, 0.1) is 0 Å². The number of ether oxygens (including phenoxy) is 1. The monoisotopic (exact) mass is 376 g/mol. The van der Waals surface area contributed by atoms with E-state index >= 15 is 0 Å². The fourth-order valence-corrected chi connectivity index (χ4v) is 2.60. The molecule has 2 aromatic carbocycles. The third-order valence-electron chi connectivity index (χ3n) is 3.28. The lowest BCUT2D eigenvalue weighted by atomic mass is 10.1. The van der Waals surface area contributed by atoms with Gasteiger partial charge in [0.15, 0.2) is 0 Å². The molecule has 6 heteroatoms. The lowest BCUT2D eigenvalue weighted by Crippen LogP contribution is -2.23. The van der Waals surface area contributed by atoms with E-state index in [-0.39, 0.29) is 11.8 Å². The van der Waals surface area contributed by atoms with E-state index in [1.807, 2.05) is 6.07 Å². The van der Waals surface area contributed by atoms with Crippen molar-refractivity contribution in [1.29, 1.82) is 0 Å². The van der Waals surface area contributed by atoms with Crippen molar-refractivity contribution in [2.75, 3.05) is 14.2 Å². The fourth-order valence-electron chi connectivity index (χ4n) is 2.06. The van der Waals surface area contributed by atoms with E-state index in [0.29, 0.717) is 27.9 Å². The van der Waals surface area contributed by atoms with Gasteiger partial charge in [-0.1, -0.05) is 12.1 Å². The zero-order valence-corrected chi connectivity index (χ0v) is 14.4. The van der Waals surface area contributed by atoms with Crippen LogP contribution in [0.5, 0.6) is 5.75 Å². The number of halogens is 1. The van der Waals surface area contributed by atoms with Crippen LogP contribution < -0.4 is 15.4 Å². The van der Waals surface area contributed by atoms with Crippen LogP contribution in [0.4, 0.5) is 0 Å². The van der Waals surface area contributed by atoms with Crippen molar-refractivity contribution < 1.29 is 14.3 Å². The van der Waals surface area contributed by atoms with Crippen LogP contribution >= 0.6 is 15.9 Å². The summed E-state index contributed by atoms with van der Waals surface area (Å²) in [7, 11) is 3.15. The maximum atomic E-state index is 12.2. The Hall–Kier alpha value is -2.34. The summed E-state index contributed by atoms with van der Waals surface area (Å²) in [4.78, 5) is 23.8. The van der Waals surface area contributed by atoms with Crippen molar-refractivity contribution >= 4 is 27.7 Å². The second-order valence-electron chi connectivity index (χ2n) is 4.81. The average molecular weight is 377 g/mol. The molecule has 2 aromatic rings. The van der Waals surface area contributed by atoms with Crippen LogP contribution in [0.25, 0.3) is 0 Å². The summed E-state index contributed by atoms with van der Waals surface area (Å²) in [5, 5.41) is 5.40. The number of benzene rings is 2. The first-order valence-corrected chi connectivity index (χ1v) is 7.77. The molecule has 120 valence electrons. The topological polar surface area (TPSA) is 67.4 Å². The molecular formula is C17H17BrN2O3. The molecular weight excluding hydrogens is 360 g/mol.